The molecule has 0 aromatic carbocycles. The van der Waals surface area contributed by atoms with Gasteiger partial charge in [-0.05, 0) is 39.2 Å². The van der Waals surface area contributed by atoms with Crippen LogP contribution in [0, 0.1) is 13.8 Å². The summed E-state index contributed by atoms with van der Waals surface area (Å²) in [7, 11) is 0. The van der Waals surface area contributed by atoms with Crippen molar-refractivity contribution in [3.63, 3.8) is 0 Å². The zero-order valence-corrected chi connectivity index (χ0v) is 13.5. The Kier molecular flexibility index (Phi) is 4.19. The zero-order chi connectivity index (χ0) is 14.8. The fourth-order valence-corrected chi connectivity index (χ4v) is 3.53. The van der Waals surface area contributed by atoms with Gasteiger partial charge in [-0.3, -0.25) is 10.4 Å². The van der Waals surface area contributed by atoms with Crippen LogP contribution >= 0.6 is 11.8 Å². The Morgan fingerprint density at radius 2 is 2.33 bits per heavy atom. The Hall–Kier alpha value is -1.49. The average Bonchev–Trinajstić information content (AvgIpc) is 2.72. The molecular formula is C16H22N4S. The highest BCUT2D eigenvalue weighted by atomic mass is 32.2. The first-order valence-corrected chi connectivity index (χ1v) is 8.48. The van der Waals surface area contributed by atoms with Gasteiger partial charge in [0, 0.05) is 29.2 Å². The number of nitrogens with zero attached hydrogens (tertiary/aromatic N) is 3. The van der Waals surface area contributed by atoms with E-state index >= 15 is 0 Å². The maximum atomic E-state index is 4.69. The lowest BCUT2D eigenvalue weighted by molar-refractivity contribution is 0.420. The first-order chi connectivity index (χ1) is 10.2. The molecule has 1 aliphatic carbocycles. The highest BCUT2D eigenvalue weighted by Crippen LogP contribution is 2.25. The van der Waals surface area contributed by atoms with E-state index in [1.54, 1.807) is 11.8 Å². The van der Waals surface area contributed by atoms with Crippen molar-refractivity contribution < 1.29 is 0 Å². The number of aryl methyl sites for hydroxylation is 1. The molecule has 3 rings (SSSR count). The van der Waals surface area contributed by atoms with E-state index in [9.17, 15) is 0 Å². The third-order valence-corrected chi connectivity index (χ3v) is 5.09. The van der Waals surface area contributed by atoms with Gasteiger partial charge < -0.3 is 4.57 Å². The lowest BCUT2D eigenvalue weighted by atomic mass is 9.94. The molecule has 0 bridgehead atoms. The summed E-state index contributed by atoms with van der Waals surface area (Å²) in [4.78, 5) is 4.69. The molecule has 0 saturated heterocycles. The van der Waals surface area contributed by atoms with Gasteiger partial charge in [0.2, 0.25) is 0 Å². The van der Waals surface area contributed by atoms with Crippen molar-refractivity contribution >= 4 is 22.6 Å². The second-order valence-electron chi connectivity index (χ2n) is 5.66. The number of aromatic nitrogens is 1. The van der Waals surface area contributed by atoms with E-state index in [2.05, 4.69) is 46.6 Å². The largest absolute Gasteiger partial charge is 0.345 e. The van der Waals surface area contributed by atoms with Gasteiger partial charge in [-0.15, -0.1) is 6.58 Å². The van der Waals surface area contributed by atoms with Gasteiger partial charge in [-0.2, -0.15) is 5.10 Å². The summed E-state index contributed by atoms with van der Waals surface area (Å²) in [5.41, 5.74) is 7.98. The maximum absolute atomic E-state index is 4.69. The normalized spacial score (nSPS) is 20.9. The number of thioether (sulfide) groups is 1. The van der Waals surface area contributed by atoms with E-state index in [4.69, 9.17) is 0 Å². The van der Waals surface area contributed by atoms with E-state index in [0.717, 1.165) is 23.2 Å². The summed E-state index contributed by atoms with van der Waals surface area (Å²) in [5.74, 6) is 0.886. The summed E-state index contributed by atoms with van der Waals surface area (Å²) >= 11 is 1.76. The van der Waals surface area contributed by atoms with Crippen molar-refractivity contribution in [1.29, 1.82) is 0 Å². The number of hydrogen-bond donors (Lipinski definition) is 1. The van der Waals surface area contributed by atoms with Crippen LogP contribution in [0.2, 0.25) is 0 Å². The van der Waals surface area contributed by atoms with Crippen LogP contribution in [-0.4, -0.2) is 27.2 Å². The predicted octanol–water partition coefficient (Wildman–Crippen LogP) is 3.24. The summed E-state index contributed by atoms with van der Waals surface area (Å²) in [5, 5.41) is 5.52. The van der Waals surface area contributed by atoms with Crippen LogP contribution < -0.4 is 5.43 Å². The highest BCUT2D eigenvalue weighted by Gasteiger charge is 2.21. The second kappa shape index (κ2) is 6.10. The quantitative estimate of drug-likeness (QED) is 0.868. The van der Waals surface area contributed by atoms with Crippen LogP contribution in [-0.2, 0) is 6.54 Å². The van der Waals surface area contributed by atoms with E-state index in [1.807, 2.05) is 6.08 Å². The highest BCUT2D eigenvalue weighted by molar-refractivity contribution is 8.14. The van der Waals surface area contributed by atoms with Crippen LogP contribution in [0.15, 0.2) is 28.8 Å². The van der Waals surface area contributed by atoms with E-state index in [1.165, 1.54) is 36.2 Å². The van der Waals surface area contributed by atoms with Gasteiger partial charge in [-0.1, -0.05) is 17.8 Å². The lowest BCUT2D eigenvalue weighted by Crippen LogP contribution is -2.28. The zero-order valence-electron chi connectivity index (χ0n) is 12.7. The summed E-state index contributed by atoms with van der Waals surface area (Å²) in [6.07, 6.45) is 5.70. The molecule has 4 nitrogen and oxygen atoms in total. The van der Waals surface area contributed by atoms with Crippen molar-refractivity contribution in [2.24, 2.45) is 10.1 Å². The SMILES string of the molecule is C=CCn1c(C)cc(C2=NNC(=NC3CCC3)SC2)c1C. The number of rotatable bonds is 4. The molecular weight excluding hydrogens is 280 g/mol. The monoisotopic (exact) mass is 302 g/mol. The van der Waals surface area contributed by atoms with E-state index in [0.29, 0.717) is 6.04 Å². The average molecular weight is 302 g/mol. The number of aliphatic imine (C=N–C) groups is 1. The molecule has 5 heteroatoms. The van der Waals surface area contributed by atoms with Gasteiger partial charge >= 0.3 is 0 Å². The third kappa shape index (κ3) is 2.93. The molecule has 1 aromatic heterocycles. The standard InChI is InChI=1S/C16H22N4S/c1-4-8-20-11(2)9-14(12(20)3)15-10-21-16(19-18-15)17-13-6-5-7-13/h4,9,13H,1,5-8,10H2,2-3H3,(H,17,19). The first kappa shape index (κ1) is 14.4. The molecule has 21 heavy (non-hydrogen) atoms. The Morgan fingerprint density at radius 3 is 2.90 bits per heavy atom. The molecule has 0 spiro atoms. The molecule has 2 aliphatic rings. The van der Waals surface area contributed by atoms with Crippen molar-refractivity contribution in [1.82, 2.24) is 9.99 Å². The third-order valence-electron chi connectivity index (χ3n) is 4.20. The minimum absolute atomic E-state index is 0.523. The van der Waals surface area contributed by atoms with Crippen molar-refractivity contribution in [2.75, 3.05) is 5.75 Å². The van der Waals surface area contributed by atoms with Gasteiger partial charge in [0.15, 0.2) is 5.17 Å². The van der Waals surface area contributed by atoms with E-state index < -0.39 is 0 Å². The smallest absolute Gasteiger partial charge is 0.177 e. The number of allylic oxidation sites excluding steroid dienone is 1. The topological polar surface area (TPSA) is 41.7 Å². The van der Waals surface area contributed by atoms with Gasteiger partial charge in [0.25, 0.3) is 0 Å². The number of hydrogen-bond acceptors (Lipinski definition) is 3. The molecule has 112 valence electrons. The fraction of sp³-hybridized carbons (Fsp3) is 0.500. The van der Waals surface area contributed by atoms with Crippen molar-refractivity contribution in [3.8, 4) is 0 Å². The van der Waals surface area contributed by atoms with Crippen LogP contribution in [0.25, 0.3) is 0 Å². The summed E-state index contributed by atoms with van der Waals surface area (Å²) in [6, 6.07) is 2.74. The maximum Gasteiger partial charge on any atom is 0.177 e. The molecule has 1 aromatic rings. The van der Waals surface area contributed by atoms with E-state index in [-0.39, 0.29) is 0 Å². The van der Waals surface area contributed by atoms with Gasteiger partial charge in [0.05, 0.1) is 11.8 Å². The predicted molar refractivity (Wildman–Crippen MR) is 91.3 cm³/mol. The van der Waals surface area contributed by atoms with Crippen molar-refractivity contribution in [2.45, 2.75) is 45.7 Å². The molecule has 1 saturated carbocycles. The Bertz CT molecular complexity index is 608. The molecule has 0 unspecified atom stereocenters. The number of nitrogens with one attached hydrogen (secondary N) is 1. The Morgan fingerprint density at radius 1 is 1.52 bits per heavy atom. The Balaban J connectivity index is 1.77. The summed E-state index contributed by atoms with van der Waals surface area (Å²) in [6.45, 7) is 8.96. The van der Waals surface area contributed by atoms with Crippen LogP contribution in [0.5, 0.6) is 0 Å². The lowest BCUT2D eigenvalue weighted by Gasteiger charge is -2.23. The number of hydrazone groups is 1. The fourth-order valence-electron chi connectivity index (χ4n) is 2.71. The van der Waals surface area contributed by atoms with Gasteiger partial charge in [0.1, 0.15) is 0 Å². The summed E-state index contributed by atoms with van der Waals surface area (Å²) < 4.78 is 2.27. The second-order valence-corrected chi connectivity index (χ2v) is 6.63. The molecule has 1 fully saturated rings. The molecule has 2 heterocycles. The van der Waals surface area contributed by atoms with Crippen LogP contribution in [0.3, 0.4) is 0 Å². The molecule has 0 amide bonds. The van der Waals surface area contributed by atoms with Crippen molar-refractivity contribution in [3.05, 3.63) is 35.7 Å². The number of amidine groups is 1. The van der Waals surface area contributed by atoms with Crippen LogP contribution in [0.1, 0.15) is 36.2 Å². The molecule has 0 radical (unpaired) electrons. The molecule has 1 N–H and O–H groups in total. The Labute approximate surface area is 130 Å². The first-order valence-electron chi connectivity index (χ1n) is 7.50. The molecule has 1 aliphatic heterocycles. The minimum atomic E-state index is 0.523. The van der Waals surface area contributed by atoms with Crippen LogP contribution in [0.4, 0.5) is 0 Å². The molecule has 0 atom stereocenters. The minimum Gasteiger partial charge on any atom is -0.345 e. The van der Waals surface area contributed by atoms with Gasteiger partial charge in [-0.25, -0.2) is 0 Å².